The third kappa shape index (κ3) is 2.43. The van der Waals surface area contributed by atoms with E-state index in [-0.39, 0.29) is 19.3 Å². The van der Waals surface area contributed by atoms with E-state index in [2.05, 4.69) is 4.90 Å². The van der Waals surface area contributed by atoms with Crippen LogP contribution >= 0.6 is 0 Å². The molecule has 0 saturated carbocycles. The minimum absolute atomic E-state index is 0.0182. The molecule has 0 spiro atoms. The average molecular weight is 159 g/mol. The SMILES string of the molecule is OCC(CO)N1CCCCC1. The Morgan fingerprint density at radius 3 is 2.00 bits per heavy atom. The largest absolute Gasteiger partial charge is 0.395 e. The molecule has 1 rings (SSSR count). The number of rotatable bonds is 3. The maximum Gasteiger partial charge on any atom is 0.0609 e. The summed E-state index contributed by atoms with van der Waals surface area (Å²) < 4.78 is 0. The van der Waals surface area contributed by atoms with Crippen LogP contribution in [0.5, 0.6) is 0 Å². The summed E-state index contributed by atoms with van der Waals surface area (Å²) in [7, 11) is 0. The zero-order valence-electron chi connectivity index (χ0n) is 6.87. The summed E-state index contributed by atoms with van der Waals surface area (Å²) in [6.45, 7) is 2.23. The van der Waals surface area contributed by atoms with E-state index in [4.69, 9.17) is 10.2 Å². The van der Waals surface area contributed by atoms with Gasteiger partial charge in [-0.15, -0.1) is 0 Å². The van der Waals surface area contributed by atoms with E-state index in [1.54, 1.807) is 0 Å². The van der Waals surface area contributed by atoms with E-state index in [9.17, 15) is 0 Å². The number of hydrogen-bond acceptors (Lipinski definition) is 3. The maximum atomic E-state index is 8.88. The Morgan fingerprint density at radius 2 is 1.55 bits per heavy atom. The first-order valence-corrected chi connectivity index (χ1v) is 4.34. The van der Waals surface area contributed by atoms with E-state index >= 15 is 0 Å². The smallest absolute Gasteiger partial charge is 0.0609 e. The number of aliphatic hydroxyl groups excluding tert-OH is 2. The average Bonchev–Trinajstić information content (AvgIpc) is 2.09. The fourth-order valence-electron chi connectivity index (χ4n) is 1.57. The first-order chi connectivity index (χ1) is 5.38. The van der Waals surface area contributed by atoms with E-state index in [0.29, 0.717) is 0 Å². The summed E-state index contributed by atoms with van der Waals surface area (Å²) in [5, 5.41) is 17.8. The molecule has 0 aromatic rings. The van der Waals surface area contributed by atoms with Crippen molar-refractivity contribution in [2.45, 2.75) is 25.3 Å². The molecular formula is C8H17NO2. The van der Waals surface area contributed by atoms with E-state index in [1.807, 2.05) is 0 Å². The van der Waals surface area contributed by atoms with Gasteiger partial charge in [-0.1, -0.05) is 6.42 Å². The second-order valence-electron chi connectivity index (χ2n) is 3.12. The Morgan fingerprint density at radius 1 is 1.00 bits per heavy atom. The first-order valence-electron chi connectivity index (χ1n) is 4.34. The molecule has 0 bridgehead atoms. The fraction of sp³-hybridized carbons (Fsp3) is 1.00. The van der Waals surface area contributed by atoms with E-state index in [1.165, 1.54) is 19.3 Å². The van der Waals surface area contributed by atoms with Gasteiger partial charge in [0.25, 0.3) is 0 Å². The van der Waals surface area contributed by atoms with Crippen LogP contribution in [-0.2, 0) is 0 Å². The van der Waals surface area contributed by atoms with Crippen molar-refractivity contribution in [2.24, 2.45) is 0 Å². The summed E-state index contributed by atoms with van der Waals surface area (Å²) in [5.74, 6) is 0. The van der Waals surface area contributed by atoms with Crippen LogP contribution < -0.4 is 0 Å². The van der Waals surface area contributed by atoms with Gasteiger partial charge in [-0.25, -0.2) is 0 Å². The zero-order valence-corrected chi connectivity index (χ0v) is 6.87. The Balaban J connectivity index is 2.30. The number of likely N-dealkylation sites (tertiary alicyclic amines) is 1. The van der Waals surface area contributed by atoms with Gasteiger partial charge in [-0.2, -0.15) is 0 Å². The Labute approximate surface area is 67.6 Å². The second-order valence-corrected chi connectivity index (χ2v) is 3.12. The quantitative estimate of drug-likeness (QED) is 0.600. The van der Waals surface area contributed by atoms with Gasteiger partial charge in [0.05, 0.1) is 19.3 Å². The number of aliphatic hydroxyl groups is 2. The standard InChI is InChI=1S/C8H17NO2/c10-6-8(7-11)9-4-2-1-3-5-9/h8,10-11H,1-7H2. The molecule has 0 aromatic heterocycles. The third-order valence-corrected chi connectivity index (χ3v) is 2.33. The lowest BCUT2D eigenvalue weighted by Crippen LogP contribution is -2.43. The highest BCUT2D eigenvalue weighted by atomic mass is 16.3. The van der Waals surface area contributed by atoms with Crippen LogP contribution in [0.4, 0.5) is 0 Å². The molecule has 0 atom stereocenters. The summed E-state index contributed by atoms with van der Waals surface area (Å²) >= 11 is 0. The van der Waals surface area contributed by atoms with Crippen molar-refractivity contribution in [3.8, 4) is 0 Å². The molecule has 1 fully saturated rings. The molecule has 3 heteroatoms. The lowest BCUT2D eigenvalue weighted by atomic mass is 10.1. The molecule has 0 amide bonds. The predicted octanol–water partition coefficient (Wildman–Crippen LogP) is -0.175. The molecule has 1 heterocycles. The van der Waals surface area contributed by atoms with Crippen molar-refractivity contribution in [2.75, 3.05) is 26.3 Å². The van der Waals surface area contributed by atoms with Crippen LogP contribution in [0.1, 0.15) is 19.3 Å². The molecule has 1 aliphatic heterocycles. The van der Waals surface area contributed by atoms with Gasteiger partial charge in [0.2, 0.25) is 0 Å². The van der Waals surface area contributed by atoms with Crippen molar-refractivity contribution < 1.29 is 10.2 Å². The Bertz CT molecular complexity index is 98.3. The topological polar surface area (TPSA) is 43.7 Å². The highest BCUT2D eigenvalue weighted by molar-refractivity contribution is 4.73. The maximum absolute atomic E-state index is 8.88. The van der Waals surface area contributed by atoms with E-state index in [0.717, 1.165) is 13.1 Å². The molecule has 11 heavy (non-hydrogen) atoms. The van der Waals surface area contributed by atoms with Crippen molar-refractivity contribution in [1.29, 1.82) is 0 Å². The van der Waals surface area contributed by atoms with Crippen molar-refractivity contribution in [3.63, 3.8) is 0 Å². The van der Waals surface area contributed by atoms with Gasteiger partial charge in [0.15, 0.2) is 0 Å². The number of nitrogens with zero attached hydrogens (tertiary/aromatic N) is 1. The first kappa shape index (κ1) is 8.97. The van der Waals surface area contributed by atoms with Gasteiger partial charge in [-0.05, 0) is 25.9 Å². The lowest BCUT2D eigenvalue weighted by Gasteiger charge is -2.32. The number of hydrogen-bond donors (Lipinski definition) is 2. The highest BCUT2D eigenvalue weighted by Gasteiger charge is 2.18. The summed E-state index contributed by atoms with van der Waals surface area (Å²) in [6.07, 6.45) is 3.70. The summed E-state index contributed by atoms with van der Waals surface area (Å²) in [5.41, 5.74) is 0. The molecule has 3 nitrogen and oxygen atoms in total. The normalized spacial score (nSPS) is 21.0. The van der Waals surface area contributed by atoms with Gasteiger partial charge in [0, 0.05) is 0 Å². The minimum Gasteiger partial charge on any atom is -0.395 e. The molecule has 0 unspecified atom stereocenters. The summed E-state index contributed by atoms with van der Waals surface area (Å²) in [6, 6.07) is -0.0182. The number of piperidine rings is 1. The van der Waals surface area contributed by atoms with Crippen LogP contribution in [0.2, 0.25) is 0 Å². The Kier molecular flexibility index (Phi) is 3.83. The third-order valence-electron chi connectivity index (χ3n) is 2.33. The van der Waals surface area contributed by atoms with E-state index < -0.39 is 0 Å². The monoisotopic (exact) mass is 159 g/mol. The van der Waals surface area contributed by atoms with Crippen LogP contribution in [0, 0.1) is 0 Å². The van der Waals surface area contributed by atoms with Gasteiger partial charge in [-0.3, -0.25) is 4.90 Å². The lowest BCUT2D eigenvalue weighted by molar-refractivity contribution is 0.0612. The van der Waals surface area contributed by atoms with Crippen LogP contribution in [0.15, 0.2) is 0 Å². The predicted molar refractivity (Wildman–Crippen MR) is 43.4 cm³/mol. The molecule has 1 saturated heterocycles. The van der Waals surface area contributed by atoms with Gasteiger partial charge < -0.3 is 10.2 Å². The molecular weight excluding hydrogens is 142 g/mol. The molecule has 66 valence electrons. The Hall–Kier alpha value is -0.120. The molecule has 0 aliphatic carbocycles. The fourth-order valence-corrected chi connectivity index (χ4v) is 1.57. The molecule has 2 N–H and O–H groups in total. The highest BCUT2D eigenvalue weighted by Crippen LogP contribution is 2.11. The van der Waals surface area contributed by atoms with Crippen LogP contribution in [-0.4, -0.2) is 47.5 Å². The van der Waals surface area contributed by atoms with Crippen molar-refractivity contribution in [1.82, 2.24) is 4.90 Å². The minimum atomic E-state index is -0.0182. The van der Waals surface area contributed by atoms with Gasteiger partial charge in [0.1, 0.15) is 0 Å². The molecule has 0 aromatic carbocycles. The van der Waals surface area contributed by atoms with Crippen molar-refractivity contribution >= 4 is 0 Å². The molecule has 1 aliphatic rings. The van der Waals surface area contributed by atoms with Gasteiger partial charge >= 0.3 is 0 Å². The molecule has 0 radical (unpaired) electrons. The second kappa shape index (κ2) is 4.70. The summed E-state index contributed by atoms with van der Waals surface area (Å²) in [4.78, 5) is 2.17. The van der Waals surface area contributed by atoms with Crippen LogP contribution in [0.25, 0.3) is 0 Å². The van der Waals surface area contributed by atoms with Crippen LogP contribution in [0.3, 0.4) is 0 Å². The van der Waals surface area contributed by atoms with Crippen molar-refractivity contribution in [3.05, 3.63) is 0 Å². The zero-order chi connectivity index (χ0) is 8.10.